The number of anilines is 2. The zero-order chi connectivity index (χ0) is 26.3. The third-order valence-electron chi connectivity index (χ3n) is 7.37. The van der Waals surface area contributed by atoms with Crippen LogP contribution in [0.4, 0.5) is 11.5 Å². The van der Waals surface area contributed by atoms with E-state index in [-0.39, 0.29) is 30.2 Å². The molecule has 9 nitrogen and oxygen atoms in total. The first-order chi connectivity index (χ1) is 18.6. The van der Waals surface area contributed by atoms with E-state index in [0.717, 1.165) is 37.3 Å². The number of nitrogens with one attached hydrogen (secondary N) is 2. The molecule has 2 aliphatic rings. The third-order valence-corrected chi connectivity index (χ3v) is 7.37. The molecule has 3 heterocycles. The molecule has 38 heavy (non-hydrogen) atoms. The minimum Gasteiger partial charge on any atom is -0.354 e. The van der Waals surface area contributed by atoms with Crippen LogP contribution < -0.4 is 15.5 Å². The maximum absolute atomic E-state index is 12.8. The highest BCUT2D eigenvalue weighted by atomic mass is 16.2. The maximum atomic E-state index is 12.8. The molecule has 1 unspecified atom stereocenters. The Balaban J connectivity index is 1.06. The summed E-state index contributed by atoms with van der Waals surface area (Å²) >= 11 is 0. The van der Waals surface area contributed by atoms with Gasteiger partial charge in [-0.25, -0.2) is 0 Å². The van der Waals surface area contributed by atoms with E-state index in [4.69, 9.17) is 0 Å². The predicted octanol–water partition coefficient (Wildman–Crippen LogP) is 3.08. The number of amides is 3. The van der Waals surface area contributed by atoms with E-state index in [9.17, 15) is 14.4 Å². The van der Waals surface area contributed by atoms with Crippen molar-refractivity contribution >= 4 is 29.2 Å². The normalized spacial score (nSPS) is 17.7. The Morgan fingerprint density at radius 2 is 1.63 bits per heavy atom. The zero-order valence-electron chi connectivity index (χ0n) is 21.3. The van der Waals surface area contributed by atoms with Crippen molar-refractivity contribution in [1.82, 2.24) is 20.4 Å². The van der Waals surface area contributed by atoms with E-state index in [1.54, 1.807) is 30.5 Å². The van der Waals surface area contributed by atoms with Gasteiger partial charge in [0, 0.05) is 43.6 Å². The van der Waals surface area contributed by atoms with Gasteiger partial charge in [0.1, 0.15) is 0 Å². The largest absolute Gasteiger partial charge is 0.354 e. The summed E-state index contributed by atoms with van der Waals surface area (Å²) < 4.78 is 0. The first-order valence-corrected chi connectivity index (χ1v) is 13.1. The molecule has 0 radical (unpaired) electrons. The summed E-state index contributed by atoms with van der Waals surface area (Å²) in [5.74, 6) is 0.800. The second-order valence-corrected chi connectivity index (χ2v) is 9.83. The molecule has 2 saturated heterocycles. The number of piperidine rings is 1. The van der Waals surface area contributed by atoms with Gasteiger partial charge in [-0.2, -0.15) is 5.10 Å². The molecule has 2 N–H and O–H groups in total. The van der Waals surface area contributed by atoms with Crippen molar-refractivity contribution in [2.24, 2.45) is 5.92 Å². The number of carbonyl (C=O) groups is 3. The highest BCUT2D eigenvalue weighted by molar-refractivity contribution is 5.96. The number of rotatable bonds is 7. The van der Waals surface area contributed by atoms with Gasteiger partial charge in [0.05, 0.1) is 12.5 Å². The summed E-state index contributed by atoms with van der Waals surface area (Å²) in [6.45, 7) is 2.75. The van der Waals surface area contributed by atoms with E-state index >= 15 is 0 Å². The van der Waals surface area contributed by atoms with Gasteiger partial charge >= 0.3 is 0 Å². The smallest absolute Gasteiger partial charge is 0.251 e. The molecular formula is C29H32N6O3. The highest BCUT2D eigenvalue weighted by Gasteiger charge is 2.29. The lowest BCUT2D eigenvalue weighted by Crippen LogP contribution is -2.43. The number of benzene rings is 2. The SMILES string of the molecule is O=C(NCC(=O)N1CCC(c2ccc(NC(=O)C3CCN(c4cccnn4)C3)cc2)CC1)c1ccccc1. The first kappa shape index (κ1) is 25.4. The number of likely N-dealkylation sites (tertiary alicyclic amines) is 1. The highest BCUT2D eigenvalue weighted by Crippen LogP contribution is 2.29. The van der Waals surface area contributed by atoms with E-state index in [2.05, 4.69) is 37.9 Å². The molecule has 9 heteroatoms. The predicted molar refractivity (Wildman–Crippen MR) is 145 cm³/mol. The molecule has 0 aliphatic carbocycles. The average molecular weight is 513 g/mol. The van der Waals surface area contributed by atoms with Crippen LogP contribution in [0.1, 0.15) is 41.1 Å². The van der Waals surface area contributed by atoms with Crippen LogP contribution in [0.3, 0.4) is 0 Å². The fraction of sp³-hybridized carbons (Fsp3) is 0.345. The van der Waals surface area contributed by atoms with Crippen molar-refractivity contribution in [2.75, 3.05) is 42.9 Å². The summed E-state index contributed by atoms with van der Waals surface area (Å²) in [6, 6.07) is 20.7. The van der Waals surface area contributed by atoms with Gasteiger partial charge in [0.15, 0.2) is 5.82 Å². The van der Waals surface area contributed by atoms with Gasteiger partial charge < -0.3 is 20.4 Å². The van der Waals surface area contributed by atoms with Crippen molar-refractivity contribution in [1.29, 1.82) is 0 Å². The zero-order valence-corrected chi connectivity index (χ0v) is 21.3. The van der Waals surface area contributed by atoms with E-state index in [1.807, 2.05) is 35.2 Å². The van der Waals surface area contributed by atoms with E-state index in [1.165, 1.54) is 5.56 Å². The molecule has 0 spiro atoms. The first-order valence-electron chi connectivity index (χ1n) is 13.1. The van der Waals surface area contributed by atoms with Crippen LogP contribution >= 0.6 is 0 Å². The number of aromatic nitrogens is 2. The molecule has 2 aromatic carbocycles. The van der Waals surface area contributed by atoms with Crippen LogP contribution in [0.15, 0.2) is 72.9 Å². The number of hydrogen-bond acceptors (Lipinski definition) is 6. The molecule has 0 saturated carbocycles. The molecule has 3 aromatic rings. The molecular weight excluding hydrogens is 480 g/mol. The summed E-state index contributed by atoms with van der Waals surface area (Å²) in [5, 5.41) is 13.8. The Hall–Kier alpha value is -4.27. The second kappa shape index (κ2) is 11.9. The minimum absolute atomic E-state index is 0.00426. The topological polar surface area (TPSA) is 108 Å². The van der Waals surface area contributed by atoms with Crippen LogP contribution in [-0.4, -0.2) is 65.5 Å². The summed E-state index contributed by atoms with van der Waals surface area (Å²) in [6.07, 6.45) is 4.16. The van der Waals surface area contributed by atoms with Gasteiger partial charge in [-0.1, -0.05) is 30.3 Å². The summed E-state index contributed by atoms with van der Waals surface area (Å²) in [4.78, 5) is 41.5. The van der Waals surface area contributed by atoms with E-state index in [0.29, 0.717) is 31.1 Å². The molecule has 0 bridgehead atoms. The molecule has 3 amide bonds. The minimum atomic E-state index is -0.239. The Labute approximate surface area is 222 Å². The number of carbonyl (C=O) groups excluding carboxylic acids is 3. The van der Waals surface area contributed by atoms with E-state index < -0.39 is 0 Å². The van der Waals surface area contributed by atoms with Crippen molar-refractivity contribution in [3.63, 3.8) is 0 Å². The Bertz CT molecular complexity index is 1240. The fourth-order valence-corrected chi connectivity index (χ4v) is 5.15. The lowest BCUT2D eigenvalue weighted by molar-refractivity contribution is -0.131. The Kier molecular flexibility index (Phi) is 7.92. The molecule has 1 aromatic heterocycles. The molecule has 2 fully saturated rings. The Morgan fingerprint density at radius 3 is 2.34 bits per heavy atom. The van der Waals surface area contributed by atoms with Gasteiger partial charge in [0.25, 0.3) is 5.91 Å². The summed E-state index contributed by atoms with van der Waals surface area (Å²) in [7, 11) is 0. The third kappa shape index (κ3) is 6.16. The van der Waals surface area contributed by atoms with Crippen molar-refractivity contribution in [3.05, 3.63) is 84.1 Å². The monoisotopic (exact) mass is 512 g/mol. The van der Waals surface area contributed by atoms with Crippen molar-refractivity contribution in [3.8, 4) is 0 Å². The van der Waals surface area contributed by atoms with Gasteiger partial charge in [0.2, 0.25) is 11.8 Å². The van der Waals surface area contributed by atoms with Gasteiger partial charge in [-0.3, -0.25) is 14.4 Å². The van der Waals surface area contributed by atoms with Crippen LogP contribution in [0.25, 0.3) is 0 Å². The van der Waals surface area contributed by atoms with Gasteiger partial charge in [-0.05, 0) is 67.1 Å². The molecule has 2 aliphatic heterocycles. The number of nitrogens with zero attached hydrogens (tertiary/aromatic N) is 4. The van der Waals surface area contributed by atoms with Crippen LogP contribution in [0.5, 0.6) is 0 Å². The molecule has 5 rings (SSSR count). The lowest BCUT2D eigenvalue weighted by Gasteiger charge is -2.32. The van der Waals surface area contributed by atoms with Crippen LogP contribution in [0, 0.1) is 5.92 Å². The maximum Gasteiger partial charge on any atom is 0.251 e. The van der Waals surface area contributed by atoms with Crippen molar-refractivity contribution < 1.29 is 14.4 Å². The van der Waals surface area contributed by atoms with Crippen molar-refractivity contribution in [2.45, 2.75) is 25.2 Å². The van der Waals surface area contributed by atoms with Crippen LogP contribution in [-0.2, 0) is 9.59 Å². The Morgan fingerprint density at radius 1 is 0.868 bits per heavy atom. The standard InChI is InChI=1S/C29H32N6O3/c36-27(19-30-28(37)23-5-2-1-3-6-23)34-16-12-22(13-17-34)21-8-10-25(11-9-21)32-29(38)24-14-18-35(20-24)26-7-4-15-31-33-26/h1-11,15,22,24H,12-14,16-20H2,(H,30,37)(H,32,38). The van der Waals surface area contributed by atoms with Gasteiger partial charge in [-0.15, -0.1) is 5.10 Å². The fourth-order valence-electron chi connectivity index (χ4n) is 5.15. The van der Waals surface area contributed by atoms with Crippen LogP contribution in [0.2, 0.25) is 0 Å². The second-order valence-electron chi connectivity index (χ2n) is 9.83. The molecule has 196 valence electrons. The number of hydrogen-bond donors (Lipinski definition) is 2. The molecule has 1 atom stereocenters. The summed E-state index contributed by atoms with van der Waals surface area (Å²) in [5.41, 5.74) is 2.55. The lowest BCUT2D eigenvalue weighted by atomic mass is 9.89. The quantitative estimate of drug-likeness (QED) is 0.504. The average Bonchev–Trinajstić information content (AvgIpc) is 3.48.